The molecule has 28 heavy (non-hydrogen) atoms. The fourth-order valence-corrected chi connectivity index (χ4v) is 3.80. The highest BCUT2D eigenvalue weighted by Gasteiger charge is 2.18. The van der Waals surface area contributed by atoms with Crippen molar-refractivity contribution in [2.24, 2.45) is 0 Å². The van der Waals surface area contributed by atoms with Crippen molar-refractivity contribution in [3.63, 3.8) is 0 Å². The van der Waals surface area contributed by atoms with Crippen LogP contribution >= 0.6 is 27.3 Å². The van der Waals surface area contributed by atoms with Gasteiger partial charge in [0.2, 0.25) is 0 Å². The van der Waals surface area contributed by atoms with E-state index in [4.69, 9.17) is 0 Å². The van der Waals surface area contributed by atoms with Crippen LogP contribution in [-0.2, 0) is 11.2 Å². The van der Waals surface area contributed by atoms with Crippen molar-refractivity contribution in [2.75, 3.05) is 19.0 Å². The molecular weight excluding hydrogens is 456 g/mol. The van der Waals surface area contributed by atoms with E-state index >= 15 is 0 Å². The lowest BCUT2D eigenvalue weighted by Crippen LogP contribution is -2.09. The van der Waals surface area contributed by atoms with Crippen molar-refractivity contribution >= 4 is 39.1 Å². The lowest BCUT2D eigenvalue weighted by molar-refractivity contribution is 0.0603. The minimum atomic E-state index is -0.639. The van der Waals surface area contributed by atoms with Crippen molar-refractivity contribution in [1.82, 2.24) is 9.97 Å². The van der Waals surface area contributed by atoms with Crippen LogP contribution < -0.4 is 5.32 Å². The molecule has 146 valence electrons. The molecule has 0 atom stereocenters. The second kappa shape index (κ2) is 8.61. The number of hydrogen-bond donors (Lipinski definition) is 2. The number of halogens is 3. The number of esters is 1. The zero-order valence-electron chi connectivity index (χ0n) is 14.5. The molecule has 2 N–H and O–H groups in total. The van der Waals surface area contributed by atoms with Gasteiger partial charge in [0.05, 0.1) is 17.7 Å². The molecule has 0 unspecified atom stereocenters. The van der Waals surface area contributed by atoms with Crippen molar-refractivity contribution in [3.8, 4) is 16.3 Å². The van der Waals surface area contributed by atoms with E-state index in [-0.39, 0.29) is 29.2 Å². The van der Waals surface area contributed by atoms with Crippen LogP contribution in [-0.4, -0.2) is 34.7 Å². The highest BCUT2D eigenvalue weighted by atomic mass is 79.9. The van der Waals surface area contributed by atoms with Gasteiger partial charge in [-0.05, 0) is 18.6 Å². The Bertz CT molecular complexity index is 1010. The van der Waals surface area contributed by atoms with Crippen LogP contribution in [0, 0.1) is 11.6 Å². The number of nitrogens with zero attached hydrogens (tertiary/aromatic N) is 2. The molecular formula is C18H14BrF2N3O3S. The summed E-state index contributed by atoms with van der Waals surface area (Å²) < 4.78 is 32.7. The Morgan fingerprint density at radius 2 is 1.96 bits per heavy atom. The quantitative estimate of drug-likeness (QED) is 0.520. The third-order valence-electron chi connectivity index (χ3n) is 3.79. The SMILES string of the molecule is COC(=O)c1sc(-c2cc(NCCc3c(F)cc(Br)cc3F)ncn2)cc1O. The van der Waals surface area contributed by atoms with Gasteiger partial charge in [-0.1, -0.05) is 15.9 Å². The van der Waals surface area contributed by atoms with Gasteiger partial charge in [0.15, 0.2) is 4.88 Å². The van der Waals surface area contributed by atoms with Crippen molar-refractivity contribution in [1.29, 1.82) is 0 Å². The Balaban J connectivity index is 1.72. The van der Waals surface area contributed by atoms with E-state index in [1.54, 1.807) is 6.07 Å². The van der Waals surface area contributed by atoms with Gasteiger partial charge < -0.3 is 15.2 Å². The van der Waals surface area contributed by atoms with E-state index in [0.717, 1.165) is 11.3 Å². The number of rotatable bonds is 6. The summed E-state index contributed by atoms with van der Waals surface area (Å²) in [5.74, 6) is -1.64. The molecule has 3 aromatic rings. The Labute approximate surface area is 171 Å². The second-order valence-corrected chi connectivity index (χ2v) is 7.60. The van der Waals surface area contributed by atoms with Crippen LogP contribution in [0.1, 0.15) is 15.2 Å². The summed E-state index contributed by atoms with van der Waals surface area (Å²) in [6.45, 7) is 0.245. The molecule has 6 nitrogen and oxygen atoms in total. The highest BCUT2D eigenvalue weighted by molar-refractivity contribution is 9.10. The topological polar surface area (TPSA) is 84.3 Å². The van der Waals surface area contributed by atoms with Crippen LogP contribution in [0.3, 0.4) is 0 Å². The molecule has 10 heteroatoms. The Morgan fingerprint density at radius 3 is 2.64 bits per heavy atom. The van der Waals surface area contributed by atoms with Crippen LogP contribution in [0.4, 0.5) is 14.6 Å². The summed E-state index contributed by atoms with van der Waals surface area (Å²) in [5, 5.41) is 12.9. The van der Waals surface area contributed by atoms with Crippen molar-refractivity contribution in [2.45, 2.75) is 6.42 Å². The summed E-state index contributed by atoms with van der Waals surface area (Å²) in [4.78, 5) is 20.4. The zero-order valence-corrected chi connectivity index (χ0v) is 16.9. The predicted molar refractivity (Wildman–Crippen MR) is 105 cm³/mol. The van der Waals surface area contributed by atoms with Crippen molar-refractivity contribution < 1.29 is 23.4 Å². The number of methoxy groups -OCH3 is 1. The summed E-state index contributed by atoms with van der Waals surface area (Å²) in [6.07, 6.45) is 1.43. The van der Waals surface area contributed by atoms with E-state index in [1.165, 1.54) is 31.6 Å². The number of hydrogen-bond acceptors (Lipinski definition) is 7. The third-order valence-corrected chi connectivity index (χ3v) is 5.37. The molecule has 0 amide bonds. The number of nitrogens with one attached hydrogen (secondary N) is 1. The van der Waals surface area contributed by atoms with Gasteiger partial charge in [-0.3, -0.25) is 0 Å². The Hall–Kier alpha value is -2.59. The average Bonchev–Trinajstić information content (AvgIpc) is 3.05. The molecule has 0 spiro atoms. The minimum Gasteiger partial charge on any atom is -0.506 e. The average molecular weight is 470 g/mol. The summed E-state index contributed by atoms with van der Waals surface area (Å²) in [5.41, 5.74) is 0.463. The number of ether oxygens (including phenoxy) is 1. The van der Waals surface area contributed by atoms with E-state index < -0.39 is 17.6 Å². The normalized spacial score (nSPS) is 10.7. The summed E-state index contributed by atoms with van der Waals surface area (Å²) in [6, 6.07) is 5.45. The maximum atomic E-state index is 13.9. The number of aromatic nitrogens is 2. The molecule has 0 aliphatic carbocycles. The predicted octanol–water partition coefficient (Wildman–Crippen LogP) is 4.39. The molecule has 0 bridgehead atoms. The lowest BCUT2D eigenvalue weighted by Gasteiger charge is -2.08. The second-order valence-electron chi connectivity index (χ2n) is 5.63. The molecule has 0 saturated carbocycles. The summed E-state index contributed by atoms with van der Waals surface area (Å²) >= 11 is 4.08. The molecule has 1 aromatic carbocycles. The number of carbonyl (C=O) groups is 1. The third kappa shape index (κ3) is 4.45. The van der Waals surface area contributed by atoms with Gasteiger partial charge in [0, 0.05) is 28.7 Å². The van der Waals surface area contributed by atoms with Gasteiger partial charge in [0.25, 0.3) is 0 Å². The van der Waals surface area contributed by atoms with E-state index in [1.807, 2.05) is 0 Å². The van der Waals surface area contributed by atoms with Gasteiger partial charge in [0.1, 0.15) is 29.5 Å². The van der Waals surface area contributed by atoms with E-state index in [9.17, 15) is 18.7 Å². The van der Waals surface area contributed by atoms with Gasteiger partial charge in [-0.2, -0.15) is 0 Å². The molecule has 0 aliphatic heterocycles. The Kier molecular flexibility index (Phi) is 6.20. The molecule has 0 fully saturated rings. The fraction of sp³-hybridized carbons (Fsp3) is 0.167. The summed E-state index contributed by atoms with van der Waals surface area (Å²) in [7, 11) is 1.23. The first-order valence-electron chi connectivity index (χ1n) is 8.00. The van der Waals surface area contributed by atoms with Gasteiger partial charge in [-0.15, -0.1) is 11.3 Å². The largest absolute Gasteiger partial charge is 0.506 e. The number of anilines is 1. The number of thiophene rings is 1. The minimum absolute atomic E-state index is 0.0177. The van der Waals surface area contributed by atoms with Crippen LogP contribution in [0.25, 0.3) is 10.6 Å². The van der Waals surface area contributed by atoms with E-state index in [2.05, 4.69) is 36.0 Å². The van der Waals surface area contributed by atoms with E-state index in [0.29, 0.717) is 20.9 Å². The number of carbonyl (C=O) groups excluding carboxylic acids is 1. The smallest absolute Gasteiger partial charge is 0.351 e. The van der Waals surface area contributed by atoms with Crippen LogP contribution in [0.15, 0.2) is 35.1 Å². The first kappa shape index (κ1) is 20.2. The monoisotopic (exact) mass is 469 g/mol. The van der Waals surface area contributed by atoms with Crippen LogP contribution in [0.5, 0.6) is 5.75 Å². The maximum Gasteiger partial charge on any atom is 0.351 e. The number of benzene rings is 1. The van der Waals surface area contributed by atoms with Crippen LogP contribution in [0.2, 0.25) is 0 Å². The first-order valence-corrected chi connectivity index (χ1v) is 9.60. The van der Waals surface area contributed by atoms with Crippen molar-refractivity contribution in [3.05, 3.63) is 57.1 Å². The number of aromatic hydroxyl groups is 1. The lowest BCUT2D eigenvalue weighted by atomic mass is 10.1. The zero-order chi connectivity index (χ0) is 20.3. The molecule has 2 heterocycles. The fourth-order valence-electron chi connectivity index (χ4n) is 2.46. The maximum absolute atomic E-state index is 13.9. The molecule has 0 radical (unpaired) electrons. The first-order chi connectivity index (χ1) is 13.4. The molecule has 3 rings (SSSR count). The Morgan fingerprint density at radius 1 is 1.25 bits per heavy atom. The molecule has 0 saturated heterocycles. The van der Waals surface area contributed by atoms with Gasteiger partial charge in [-0.25, -0.2) is 23.5 Å². The molecule has 2 aromatic heterocycles. The van der Waals surface area contributed by atoms with Gasteiger partial charge >= 0.3 is 5.97 Å². The standard InChI is InChI=1S/C18H14BrF2N3O3S/c1-27-18(26)17-14(25)7-15(28-17)13-6-16(24-8-23-13)22-3-2-10-11(20)4-9(19)5-12(10)21/h4-8,25H,2-3H2,1H3,(H,22,23,24). The highest BCUT2D eigenvalue weighted by Crippen LogP contribution is 2.35. The molecule has 0 aliphatic rings.